The minimum Gasteiger partial charge on any atom is -0.363 e. The van der Waals surface area contributed by atoms with Crippen molar-refractivity contribution < 1.29 is 37.5 Å². The third-order valence-corrected chi connectivity index (χ3v) is 3.27. The summed E-state index contributed by atoms with van der Waals surface area (Å²) < 4.78 is 0. The Morgan fingerprint density at radius 3 is 2.71 bits per heavy atom. The normalized spacial score (nSPS) is 17.6. The van der Waals surface area contributed by atoms with Crippen molar-refractivity contribution in [2.75, 3.05) is 4.90 Å². The maximum Gasteiger partial charge on any atom is 3.00 e. The average Bonchev–Trinajstić information content (AvgIpc) is 2.70. The van der Waals surface area contributed by atoms with Gasteiger partial charge in [-0.3, -0.25) is 4.79 Å². The van der Waals surface area contributed by atoms with Crippen molar-refractivity contribution in [1.82, 2.24) is 0 Å². The fourth-order valence-electron chi connectivity index (χ4n) is 2.45. The van der Waals surface area contributed by atoms with Gasteiger partial charge in [0.1, 0.15) is 0 Å². The van der Waals surface area contributed by atoms with Crippen molar-refractivity contribution in [3.8, 4) is 0 Å². The van der Waals surface area contributed by atoms with Gasteiger partial charge in [0.2, 0.25) is 5.91 Å². The average molecular weight is 361 g/mol. The van der Waals surface area contributed by atoms with E-state index in [1.807, 2.05) is 36.1 Å². The molecule has 1 saturated carbocycles. The van der Waals surface area contributed by atoms with Crippen LogP contribution in [0.25, 0.3) is 0 Å². The standard InChI is InChI=1S/C15H19NO.C3H7.Y/c1-13(17)16(15-11-7-4-8-12-15)14-9-5-2-3-6-10-14;1-3-2;/h4,7-9,11,14H,2-3,5-6,10H2,1H3;1,3H2,2H3;/q-2;-1;+3. The molecule has 0 aliphatic heterocycles. The van der Waals surface area contributed by atoms with E-state index in [0.717, 1.165) is 24.9 Å². The Balaban J connectivity index is 0.000000922. The molecule has 0 radical (unpaired) electrons. The molecule has 112 valence electrons. The quantitative estimate of drug-likeness (QED) is 0.557. The molecule has 1 fully saturated rings. The topological polar surface area (TPSA) is 20.3 Å². The van der Waals surface area contributed by atoms with Gasteiger partial charge in [0.15, 0.2) is 0 Å². The molecule has 0 heterocycles. The van der Waals surface area contributed by atoms with Gasteiger partial charge in [-0.15, -0.1) is 6.07 Å². The molecular formula is C18H26NOY. The van der Waals surface area contributed by atoms with Gasteiger partial charge in [-0.05, 0) is 0 Å². The van der Waals surface area contributed by atoms with Gasteiger partial charge in [0.05, 0.1) is 0 Å². The molecular weight excluding hydrogens is 335 g/mol. The Morgan fingerprint density at radius 1 is 1.43 bits per heavy atom. The second-order valence-corrected chi connectivity index (χ2v) is 5.08. The predicted molar refractivity (Wildman–Crippen MR) is 85.3 cm³/mol. The number of rotatable bonds is 2. The number of hydrogen-bond acceptors (Lipinski definition) is 1. The van der Waals surface area contributed by atoms with E-state index in [1.54, 1.807) is 6.92 Å². The smallest absolute Gasteiger partial charge is 0.363 e. The zero-order valence-electron chi connectivity index (χ0n) is 13.3. The summed E-state index contributed by atoms with van der Waals surface area (Å²) in [6.07, 6.45) is 9.20. The molecule has 0 aromatic heterocycles. The molecule has 0 saturated heterocycles. The van der Waals surface area contributed by atoms with E-state index in [2.05, 4.69) is 19.4 Å². The van der Waals surface area contributed by atoms with Crippen LogP contribution >= 0.6 is 0 Å². The van der Waals surface area contributed by atoms with E-state index in [0.29, 0.717) is 0 Å². The molecule has 3 heteroatoms. The molecule has 1 aromatic carbocycles. The number of nitrogens with zero attached hydrogens (tertiary/aromatic N) is 1. The molecule has 21 heavy (non-hydrogen) atoms. The molecule has 1 unspecified atom stereocenters. The maximum absolute atomic E-state index is 11.8. The first-order valence-electron chi connectivity index (χ1n) is 7.59. The van der Waals surface area contributed by atoms with Crippen LogP contribution in [0.5, 0.6) is 0 Å². The molecule has 1 aliphatic rings. The van der Waals surface area contributed by atoms with E-state index < -0.39 is 0 Å². The van der Waals surface area contributed by atoms with Gasteiger partial charge in [-0.1, -0.05) is 44.3 Å². The van der Waals surface area contributed by atoms with Gasteiger partial charge in [-0.25, -0.2) is 0 Å². The summed E-state index contributed by atoms with van der Waals surface area (Å²) in [5.74, 6) is 0.107. The van der Waals surface area contributed by atoms with Gasteiger partial charge in [0, 0.05) is 6.92 Å². The Bertz CT molecular complexity index is 372. The summed E-state index contributed by atoms with van der Waals surface area (Å²) in [6, 6.07) is 11.1. The van der Waals surface area contributed by atoms with Gasteiger partial charge in [0.25, 0.3) is 0 Å². The van der Waals surface area contributed by atoms with Crippen molar-refractivity contribution in [3.63, 3.8) is 0 Å². The van der Waals surface area contributed by atoms with E-state index in [-0.39, 0.29) is 44.7 Å². The molecule has 0 spiro atoms. The van der Waals surface area contributed by atoms with Crippen LogP contribution in [0.15, 0.2) is 24.3 Å². The van der Waals surface area contributed by atoms with Crippen molar-refractivity contribution >= 4 is 11.6 Å². The van der Waals surface area contributed by atoms with Crippen molar-refractivity contribution in [1.29, 1.82) is 0 Å². The van der Waals surface area contributed by atoms with E-state index in [1.165, 1.54) is 19.3 Å². The minimum absolute atomic E-state index is 0. The maximum atomic E-state index is 11.8. The number of carbonyl (C=O) groups is 1. The Labute approximate surface area is 155 Å². The van der Waals surface area contributed by atoms with Gasteiger partial charge in [-0.2, -0.15) is 37.1 Å². The van der Waals surface area contributed by atoms with Crippen LogP contribution in [0.3, 0.4) is 0 Å². The largest absolute Gasteiger partial charge is 3.00 e. The van der Waals surface area contributed by atoms with Crippen LogP contribution in [-0.4, -0.2) is 11.9 Å². The third-order valence-electron chi connectivity index (χ3n) is 3.27. The zero-order valence-corrected chi connectivity index (χ0v) is 16.2. The molecule has 1 aliphatic carbocycles. The van der Waals surface area contributed by atoms with Gasteiger partial charge < -0.3 is 18.2 Å². The van der Waals surface area contributed by atoms with Crippen LogP contribution in [0.1, 0.15) is 52.4 Å². The number of hydrogen-bond donors (Lipinski definition) is 0. The first-order valence-corrected chi connectivity index (χ1v) is 7.59. The number of amides is 1. The molecule has 2 rings (SSSR count). The van der Waals surface area contributed by atoms with Crippen LogP contribution in [0.2, 0.25) is 0 Å². The summed E-state index contributed by atoms with van der Waals surface area (Å²) >= 11 is 0. The van der Waals surface area contributed by atoms with E-state index in [9.17, 15) is 4.79 Å². The molecule has 0 N–H and O–H groups in total. The number of benzene rings is 1. The molecule has 0 bridgehead atoms. The fourth-order valence-corrected chi connectivity index (χ4v) is 2.45. The zero-order chi connectivity index (χ0) is 14.8. The predicted octanol–water partition coefficient (Wildman–Crippen LogP) is 4.60. The van der Waals surface area contributed by atoms with Crippen LogP contribution in [0.4, 0.5) is 5.69 Å². The summed E-state index contributed by atoms with van der Waals surface area (Å²) in [4.78, 5) is 13.7. The molecule has 1 amide bonds. The molecule has 2 nitrogen and oxygen atoms in total. The molecule has 1 aromatic rings. The number of anilines is 1. The summed E-state index contributed by atoms with van der Waals surface area (Å²) in [5, 5.41) is 0. The van der Waals surface area contributed by atoms with Crippen LogP contribution in [-0.2, 0) is 37.5 Å². The fraction of sp³-hybridized carbons (Fsp3) is 0.500. The first kappa shape index (κ1) is 20.8. The van der Waals surface area contributed by atoms with Crippen LogP contribution in [0, 0.1) is 19.4 Å². The first-order chi connectivity index (χ1) is 9.70. The third kappa shape index (κ3) is 7.56. The summed E-state index contributed by atoms with van der Waals surface area (Å²) in [5.41, 5.74) is 0.892. The Hall–Kier alpha value is -0.206. The minimum atomic E-state index is 0. The summed E-state index contributed by atoms with van der Waals surface area (Å²) in [7, 11) is 0. The van der Waals surface area contributed by atoms with Crippen molar-refractivity contribution in [2.24, 2.45) is 0 Å². The van der Waals surface area contributed by atoms with Crippen molar-refractivity contribution in [2.45, 2.75) is 58.4 Å². The SMILES string of the molecule is CC(=O)N(c1[c-]cccc1)C1[CH-]CCCCC1.[CH2-]CC.[Y+3]. The van der Waals surface area contributed by atoms with Gasteiger partial charge >= 0.3 is 32.7 Å². The molecule has 1 atom stereocenters. The second-order valence-electron chi connectivity index (χ2n) is 5.08. The van der Waals surface area contributed by atoms with Crippen molar-refractivity contribution in [3.05, 3.63) is 43.7 Å². The monoisotopic (exact) mass is 361 g/mol. The van der Waals surface area contributed by atoms with E-state index in [4.69, 9.17) is 0 Å². The number of carbonyl (C=O) groups excluding carboxylic acids is 1. The van der Waals surface area contributed by atoms with Crippen LogP contribution < -0.4 is 4.90 Å². The summed E-state index contributed by atoms with van der Waals surface area (Å²) in [6.45, 7) is 7.14. The van der Waals surface area contributed by atoms with E-state index >= 15 is 0 Å². The second kappa shape index (κ2) is 12.3. The Morgan fingerprint density at radius 2 is 2.14 bits per heavy atom. The Kier molecular flexibility index (Phi) is 12.2. The number of para-hydroxylation sites is 1.